The highest BCUT2D eigenvalue weighted by atomic mass is 16.5. The van der Waals surface area contributed by atoms with Gasteiger partial charge in [-0.15, -0.1) is 0 Å². The van der Waals surface area contributed by atoms with E-state index in [1.54, 1.807) is 24.3 Å². The number of hydrogen-bond donors (Lipinski definition) is 3. The number of carboxylic acids is 1. The van der Waals surface area contributed by atoms with Gasteiger partial charge in [0.15, 0.2) is 0 Å². The van der Waals surface area contributed by atoms with Crippen molar-refractivity contribution in [3.63, 3.8) is 0 Å². The first kappa shape index (κ1) is 12.8. The highest BCUT2D eigenvalue weighted by Crippen LogP contribution is 2.20. The first-order chi connectivity index (χ1) is 8.02. The molecule has 0 bridgehead atoms. The van der Waals surface area contributed by atoms with Crippen LogP contribution in [0, 0.1) is 0 Å². The van der Waals surface area contributed by atoms with Crippen LogP contribution in [0.1, 0.15) is 18.0 Å². The lowest BCUT2D eigenvalue weighted by Crippen LogP contribution is -2.34. The van der Waals surface area contributed by atoms with E-state index in [2.05, 4.69) is 5.32 Å². The van der Waals surface area contributed by atoms with E-state index in [1.165, 1.54) is 7.11 Å². The molecule has 17 heavy (non-hydrogen) atoms. The molecule has 0 aliphatic carbocycles. The third-order valence-electron chi connectivity index (χ3n) is 2.21. The number of nitrogens with two attached hydrogens (primary N) is 1. The summed E-state index contributed by atoms with van der Waals surface area (Å²) in [5.41, 5.74) is 5.65. The molecule has 0 aromatic heterocycles. The minimum atomic E-state index is -1.01. The number of primary amides is 1. The quantitative estimate of drug-likeness (QED) is 0.708. The summed E-state index contributed by atoms with van der Waals surface area (Å²) >= 11 is 0. The Morgan fingerprint density at radius 2 is 2.00 bits per heavy atom. The van der Waals surface area contributed by atoms with Crippen LogP contribution in [0.2, 0.25) is 0 Å². The zero-order valence-corrected chi connectivity index (χ0v) is 9.34. The molecule has 0 fully saturated rings. The van der Waals surface area contributed by atoms with Crippen LogP contribution in [0.3, 0.4) is 0 Å². The van der Waals surface area contributed by atoms with Gasteiger partial charge < -0.3 is 20.9 Å². The zero-order chi connectivity index (χ0) is 12.8. The van der Waals surface area contributed by atoms with Crippen molar-refractivity contribution in [1.29, 1.82) is 0 Å². The second-order valence-corrected chi connectivity index (χ2v) is 3.43. The Kier molecular flexibility index (Phi) is 4.33. The summed E-state index contributed by atoms with van der Waals surface area (Å²) in [6.45, 7) is 0. The maximum Gasteiger partial charge on any atom is 0.312 e. The largest absolute Gasteiger partial charge is 0.497 e. The molecule has 0 aliphatic heterocycles. The van der Waals surface area contributed by atoms with Crippen LogP contribution in [0.4, 0.5) is 4.79 Å². The van der Waals surface area contributed by atoms with E-state index in [4.69, 9.17) is 15.6 Å². The summed E-state index contributed by atoms with van der Waals surface area (Å²) < 4.78 is 4.98. The van der Waals surface area contributed by atoms with Gasteiger partial charge in [-0.3, -0.25) is 4.79 Å². The van der Waals surface area contributed by atoms with Crippen molar-refractivity contribution in [3.8, 4) is 5.75 Å². The Morgan fingerprint density at radius 3 is 2.41 bits per heavy atom. The molecule has 1 atom stereocenters. The number of carbonyl (C=O) groups is 2. The second-order valence-electron chi connectivity index (χ2n) is 3.43. The van der Waals surface area contributed by atoms with Gasteiger partial charge in [-0.25, -0.2) is 4.79 Å². The highest BCUT2D eigenvalue weighted by molar-refractivity contribution is 5.74. The fourth-order valence-corrected chi connectivity index (χ4v) is 1.43. The fraction of sp³-hybridized carbons (Fsp3) is 0.273. The number of hydrogen-bond acceptors (Lipinski definition) is 3. The Balaban J connectivity index is 2.86. The summed E-state index contributed by atoms with van der Waals surface area (Å²) in [5.74, 6) is -0.360. The fourth-order valence-electron chi connectivity index (χ4n) is 1.43. The van der Waals surface area contributed by atoms with Gasteiger partial charge in [0.25, 0.3) is 0 Å². The van der Waals surface area contributed by atoms with Crippen LogP contribution < -0.4 is 15.8 Å². The van der Waals surface area contributed by atoms with Gasteiger partial charge in [0.1, 0.15) is 5.75 Å². The SMILES string of the molecule is COc1ccc(C(CC(=O)O)NC(N)=O)cc1. The molecule has 0 saturated heterocycles. The summed E-state index contributed by atoms with van der Waals surface area (Å²) in [4.78, 5) is 21.5. The van der Waals surface area contributed by atoms with Gasteiger partial charge in [-0.05, 0) is 17.7 Å². The molecule has 1 rings (SSSR count). The van der Waals surface area contributed by atoms with Crippen LogP contribution in [0.15, 0.2) is 24.3 Å². The van der Waals surface area contributed by atoms with E-state index in [1.807, 2.05) is 0 Å². The molecule has 1 aromatic carbocycles. The number of benzene rings is 1. The third-order valence-corrected chi connectivity index (χ3v) is 2.21. The molecule has 1 unspecified atom stereocenters. The minimum Gasteiger partial charge on any atom is -0.497 e. The number of urea groups is 1. The van der Waals surface area contributed by atoms with E-state index in [9.17, 15) is 9.59 Å². The number of ether oxygens (including phenoxy) is 1. The molecule has 0 radical (unpaired) electrons. The molecule has 0 aliphatic rings. The summed E-state index contributed by atoms with van der Waals surface area (Å²) in [6, 6.07) is 5.34. The predicted octanol–water partition coefficient (Wildman–Crippen LogP) is 0.879. The maximum atomic E-state index is 10.8. The average Bonchev–Trinajstić information content (AvgIpc) is 2.27. The number of carboxylic acid groups (broad SMARTS) is 1. The first-order valence-electron chi connectivity index (χ1n) is 4.94. The van der Waals surface area contributed by atoms with Gasteiger partial charge in [0.05, 0.1) is 19.6 Å². The van der Waals surface area contributed by atoms with Crippen LogP contribution in [-0.2, 0) is 4.79 Å². The monoisotopic (exact) mass is 238 g/mol. The lowest BCUT2D eigenvalue weighted by molar-refractivity contribution is -0.137. The van der Waals surface area contributed by atoms with Crippen molar-refractivity contribution in [2.24, 2.45) is 5.73 Å². The first-order valence-corrected chi connectivity index (χ1v) is 4.94. The molecule has 0 spiro atoms. The van der Waals surface area contributed by atoms with Crippen molar-refractivity contribution in [1.82, 2.24) is 5.32 Å². The van der Waals surface area contributed by atoms with Crippen LogP contribution in [-0.4, -0.2) is 24.2 Å². The van der Waals surface area contributed by atoms with Crippen molar-refractivity contribution >= 4 is 12.0 Å². The molecule has 0 saturated carbocycles. The molecule has 1 aromatic rings. The summed E-state index contributed by atoms with van der Waals surface area (Å²) in [6.07, 6.45) is -0.227. The van der Waals surface area contributed by atoms with Gasteiger partial charge in [0, 0.05) is 0 Å². The number of nitrogens with one attached hydrogen (secondary N) is 1. The summed E-state index contributed by atoms with van der Waals surface area (Å²) in [7, 11) is 1.53. The van der Waals surface area contributed by atoms with Crippen LogP contribution in [0.5, 0.6) is 5.75 Å². The Hall–Kier alpha value is -2.24. The normalized spacial score (nSPS) is 11.6. The Labute approximate surface area is 98.4 Å². The number of carbonyl (C=O) groups excluding carboxylic acids is 1. The van der Waals surface area contributed by atoms with Gasteiger partial charge in [-0.1, -0.05) is 12.1 Å². The molecule has 2 amide bonds. The molecule has 6 heteroatoms. The molecular weight excluding hydrogens is 224 g/mol. The third kappa shape index (κ3) is 4.02. The van der Waals surface area contributed by atoms with Crippen molar-refractivity contribution in [2.75, 3.05) is 7.11 Å². The molecule has 0 heterocycles. The van der Waals surface area contributed by atoms with Crippen LogP contribution in [0.25, 0.3) is 0 Å². The molecule has 6 nitrogen and oxygen atoms in total. The van der Waals surface area contributed by atoms with E-state index in [0.717, 1.165) is 0 Å². The Morgan fingerprint density at radius 1 is 1.41 bits per heavy atom. The van der Waals surface area contributed by atoms with E-state index in [0.29, 0.717) is 11.3 Å². The highest BCUT2D eigenvalue weighted by Gasteiger charge is 2.16. The minimum absolute atomic E-state index is 0.227. The van der Waals surface area contributed by atoms with Gasteiger partial charge in [-0.2, -0.15) is 0 Å². The number of rotatable bonds is 5. The smallest absolute Gasteiger partial charge is 0.312 e. The average molecular weight is 238 g/mol. The lowest BCUT2D eigenvalue weighted by atomic mass is 10.0. The Bertz CT molecular complexity index is 386. The number of methoxy groups -OCH3 is 1. The second kappa shape index (κ2) is 5.74. The van der Waals surface area contributed by atoms with E-state index >= 15 is 0 Å². The number of amides is 2. The molecular formula is C11H14N2O4. The van der Waals surface area contributed by atoms with Crippen molar-refractivity contribution in [3.05, 3.63) is 29.8 Å². The van der Waals surface area contributed by atoms with E-state index < -0.39 is 18.0 Å². The van der Waals surface area contributed by atoms with E-state index in [-0.39, 0.29) is 6.42 Å². The van der Waals surface area contributed by atoms with Crippen LogP contribution >= 0.6 is 0 Å². The van der Waals surface area contributed by atoms with Gasteiger partial charge in [0.2, 0.25) is 0 Å². The number of aliphatic carboxylic acids is 1. The summed E-state index contributed by atoms with van der Waals surface area (Å²) in [5, 5.41) is 11.1. The molecule has 92 valence electrons. The zero-order valence-electron chi connectivity index (χ0n) is 9.34. The lowest BCUT2D eigenvalue weighted by Gasteiger charge is -2.16. The maximum absolute atomic E-state index is 10.8. The van der Waals surface area contributed by atoms with Gasteiger partial charge >= 0.3 is 12.0 Å². The molecule has 4 N–H and O–H groups in total. The standard InChI is InChI=1S/C11H14N2O4/c1-17-8-4-2-7(3-5-8)9(6-10(14)15)13-11(12)16/h2-5,9H,6H2,1H3,(H,14,15)(H3,12,13,16). The topological polar surface area (TPSA) is 102 Å². The predicted molar refractivity (Wildman–Crippen MR) is 60.7 cm³/mol. The van der Waals surface area contributed by atoms with Crippen molar-refractivity contribution in [2.45, 2.75) is 12.5 Å². The van der Waals surface area contributed by atoms with Crippen molar-refractivity contribution < 1.29 is 19.4 Å².